The second-order valence-electron chi connectivity index (χ2n) is 7.01. The predicted molar refractivity (Wildman–Crippen MR) is 95.4 cm³/mol. The van der Waals surface area contributed by atoms with Gasteiger partial charge >= 0.3 is 12.4 Å². The molecule has 0 radical (unpaired) electrons. The molecule has 3 N–H and O–H groups in total. The van der Waals surface area contributed by atoms with Crippen LogP contribution >= 0.6 is 11.6 Å². The second-order valence-corrected chi connectivity index (χ2v) is 7.41. The summed E-state index contributed by atoms with van der Waals surface area (Å²) in [6.45, 7) is 0. The first-order chi connectivity index (χ1) is 13.7. The van der Waals surface area contributed by atoms with Gasteiger partial charge in [-0.25, -0.2) is 0 Å². The Labute approximate surface area is 171 Å². The average Bonchev–Trinajstić information content (AvgIpc) is 2.57. The van der Waals surface area contributed by atoms with Gasteiger partial charge in [-0.2, -0.15) is 26.3 Å². The summed E-state index contributed by atoms with van der Waals surface area (Å²) in [6, 6.07) is 2.94. The van der Waals surface area contributed by atoms with Crippen molar-refractivity contribution in [1.29, 1.82) is 0 Å². The van der Waals surface area contributed by atoms with Gasteiger partial charge in [0.05, 0.1) is 27.3 Å². The van der Waals surface area contributed by atoms with Crippen molar-refractivity contribution in [2.24, 2.45) is 0 Å². The standard InChI is InChI=1S/C19H14ClF6NO3/c20-12-7-13(15(29)8-14(12)28)27-16(30)17(2-1-3-17)9-4-10(18(21,22)23)6-11(5-9)19(24,25)26/h4-8,28-29H,1-3H2,(H,27,30). The fourth-order valence-electron chi connectivity index (χ4n) is 3.30. The largest absolute Gasteiger partial charge is 0.506 e. The number of nitrogens with one attached hydrogen (secondary N) is 1. The number of hydrogen-bond acceptors (Lipinski definition) is 3. The predicted octanol–water partition coefficient (Wildman–Crippen LogP) is 5.85. The lowest BCUT2D eigenvalue weighted by atomic mass is 9.63. The minimum absolute atomic E-state index is 0.000650. The Morgan fingerprint density at radius 1 is 0.900 bits per heavy atom. The summed E-state index contributed by atoms with van der Waals surface area (Å²) in [5, 5.41) is 21.4. The number of phenolic OH excluding ortho intramolecular Hbond substituents is 2. The third-order valence-electron chi connectivity index (χ3n) is 5.10. The van der Waals surface area contributed by atoms with Crippen molar-refractivity contribution in [3.05, 3.63) is 52.0 Å². The summed E-state index contributed by atoms with van der Waals surface area (Å²) in [4.78, 5) is 12.9. The molecule has 0 aliphatic heterocycles. The molecule has 1 saturated carbocycles. The van der Waals surface area contributed by atoms with Crippen LogP contribution in [-0.2, 0) is 22.6 Å². The second kappa shape index (κ2) is 7.26. The summed E-state index contributed by atoms with van der Waals surface area (Å²) in [5.74, 6) is -1.93. The molecule has 162 valence electrons. The molecule has 2 aromatic carbocycles. The van der Waals surface area contributed by atoms with E-state index in [1.54, 1.807) is 0 Å². The Hall–Kier alpha value is -2.62. The Kier molecular flexibility index (Phi) is 5.34. The van der Waals surface area contributed by atoms with E-state index in [0.717, 1.165) is 12.1 Å². The monoisotopic (exact) mass is 453 g/mol. The molecule has 1 aliphatic carbocycles. The number of halogens is 7. The molecule has 2 aromatic rings. The number of amides is 1. The highest BCUT2D eigenvalue weighted by Crippen LogP contribution is 2.48. The number of benzene rings is 2. The van der Waals surface area contributed by atoms with Crippen LogP contribution in [0, 0.1) is 0 Å². The van der Waals surface area contributed by atoms with E-state index in [2.05, 4.69) is 5.32 Å². The van der Waals surface area contributed by atoms with Gasteiger partial charge in [0, 0.05) is 6.07 Å². The van der Waals surface area contributed by atoms with Gasteiger partial charge in [0.1, 0.15) is 11.5 Å². The van der Waals surface area contributed by atoms with Gasteiger partial charge in [0.15, 0.2) is 0 Å². The molecule has 3 rings (SSSR count). The lowest BCUT2D eigenvalue weighted by Crippen LogP contribution is -2.46. The minimum Gasteiger partial charge on any atom is -0.506 e. The highest BCUT2D eigenvalue weighted by Gasteiger charge is 2.48. The molecule has 0 atom stereocenters. The highest BCUT2D eigenvalue weighted by atomic mass is 35.5. The number of rotatable bonds is 3. The van der Waals surface area contributed by atoms with Crippen molar-refractivity contribution in [2.75, 3.05) is 5.32 Å². The molecule has 30 heavy (non-hydrogen) atoms. The molecular formula is C19H14ClF6NO3. The van der Waals surface area contributed by atoms with Crippen molar-refractivity contribution in [2.45, 2.75) is 37.0 Å². The first-order valence-electron chi connectivity index (χ1n) is 8.57. The van der Waals surface area contributed by atoms with Crippen LogP contribution in [0.25, 0.3) is 0 Å². The van der Waals surface area contributed by atoms with Crippen molar-refractivity contribution in [3.63, 3.8) is 0 Å². The van der Waals surface area contributed by atoms with E-state index < -0.39 is 51.9 Å². The van der Waals surface area contributed by atoms with Crippen LogP contribution in [0.5, 0.6) is 11.5 Å². The Morgan fingerprint density at radius 2 is 1.43 bits per heavy atom. The quantitative estimate of drug-likeness (QED) is 0.310. The van der Waals surface area contributed by atoms with Gasteiger partial charge in [-0.3, -0.25) is 4.79 Å². The average molecular weight is 454 g/mol. The lowest BCUT2D eigenvalue weighted by Gasteiger charge is -2.41. The van der Waals surface area contributed by atoms with Gasteiger partial charge < -0.3 is 15.5 Å². The summed E-state index contributed by atoms with van der Waals surface area (Å²) in [5.41, 5.74) is -5.32. The molecular weight excluding hydrogens is 440 g/mol. The minimum atomic E-state index is -5.04. The highest BCUT2D eigenvalue weighted by molar-refractivity contribution is 6.32. The van der Waals surface area contributed by atoms with Gasteiger partial charge in [-0.1, -0.05) is 18.0 Å². The lowest BCUT2D eigenvalue weighted by molar-refractivity contribution is -0.143. The Bertz CT molecular complexity index is 967. The zero-order chi connectivity index (χ0) is 22.5. The van der Waals surface area contributed by atoms with Gasteiger partial charge in [-0.15, -0.1) is 0 Å². The zero-order valence-electron chi connectivity index (χ0n) is 15.0. The van der Waals surface area contributed by atoms with Gasteiger partial charge in [0.25, 0.3) is 0 Å². The molecule has 1 amide bonds. The first kappa shape index (κ1) is 22.1. The van der Waals surface area contributed by atoms with Gasteiger partial charge in [-0.05, 0) is 42.7 Å². The third-order valence-corrected chi connectivity index (χ3v) is 5.40. The van der Waals surface area contributed by atoms with Crippen LogP contribution < -0.4 is 5.32 Å². The van der Waals surface area contributed by atoms with Crippen LogP contribution in [0.4, 0.5) is 32.0 Å². The zero-order valence-corrected chi connectivity index (χ0v) is 15.7. The number of carbonyl (C=O) groups excluding carboxylic acids is 1. The van der Waals surface area contributed by atoms with Crippen LogP contribution in [0.1, 0.15) is 36.0 Å². The van der Waals surface area contributed by atoms with E-state index in [1.807, 2.05) is 0 Å². The number of carbonyl (C=O) groups is 1. The molecule has 4 nitrogen and oxygen atoms in total. The van der Waals surface area contributed by atoms with E-state index in [0.29, 0.717) is 18.6 Å². The molecule has 0 bridgehead atoms. The topological polar surface area (TPSA) is 69.6 Å². The normalized spacial score (nSPS) is 16.1. The van der Waals surface area contributed by atoms with E-state index in [1.165, 1.54) is 0 Å². The fourth-order valence-corrected chi connectivity index (χ4v) is 3.46. The first-order valence-corrected chi connectivity index (χ1v) is 8.95. The van der Waals surface area contributed by atoms with Crippen molar-refractivity contribution in [3.8, 4) is 11.5 Å². The summed E-state index contributed by atoms with van der Waals surface area (Å²) < 4.78 is 79.1. The summed E-state index contributed by atoms with van der Waals surface area (Å²) >= 11 is 5.73. The summed E-state index contributed by atoms with van der Waals surface area (Å²) in [7, 11) is 0. The number of alkyl halides is 6. The summed E-state index contributed by atoms with van der Waals surface area (Å²) in [6.07, 6.45) is -9.64. The molecule has 1 fully saturated rings. The number of phenols is 2. The van der Waals surface area contributed by atoms with Crippen LogP contribution in [-0.4, -0.2) is 16.1 Å². The number of hydrogen-bond donors (Lipinski definition) is 3. The fraction of sp³-hybridized carbons (Fsp3) is 0.316. The molecule has 1 aliphatic rings. The maximum atomic E-state index is 13.2. The maximum Gasteiger partial charge on any atom is 0.416 e. The Morgan fingerprint density at radius 3 is 1.87 bits per heavy atom. The maximum absolute atomic E-state index is 13.2. The Balaban J connectivity index is 2.06. The van der Waals surface area contributed by atoms with Crippen LogP contribution in [0.2, 0.25) is 5.02 Å². The molecule has 0 saturated heterocycles. The van der Waals surface area contributed by atoms with E-state index in [9.17, 15) is 41.4 Å². The van der Waals surface area contributed by atoms with Crippen molar-refractivity contribution >= 4 is 23.2 Å². The van der Waals surface area contributed by atoms with Crippen LogP contribution in [0.3, 0.4) is 0 Å². The SMILES string of the molecule is O=C(Nc1cc(Cl)c(O)cc1O)C1(c2cc(C(F)(F)F)cc(C(F)(F)F)c2)CCC1. The van der Waals surface area contributed by atoms with Gasteiger partial charge in [0.2, 0.25) is 5.91 Å². The van der Waals surface area contributed by atoms with Crippen molar-refractivity contribution < 1.29 is 41.4 Å². The van der Waals surface area contributed by atoms with E-state index in [-0.39, 0.29) is 29.6 Å². The number of aromatic hydroxyl groups is 2. The number of anilines is 1. The smallest absolute Gasteiger partial charge is 0.416 e. The van der Waals surface area contributed by atoms with E-state index >= 15 is 0 Å². The molecule has 11 heteroatoms. The van der Waals surface area contributed by atoms with E-state index in [4.69, 9.17) is 11.6 Å². The molecule has 0 heterocycles. The molecule has 0 unspecified atom stereocenters. The third kappa shape index (κ3) is 4.00. The molecule has 0 aromatic heterocycles. The van der Waals surface area contributed by atoms with Crippen LogP contribution in [0.15, 0.2) is 30.3 Å². The molecule has 0 spiro atoms. The van der Waals surface area contributed by atoms with Crippen molar-refractivity contribution in [1.82, 2.24) is 0 Å².